The molecule has 0 amide bonds. The molecule has 3 aromatic rings. The predicted molar refractivity (Wildman–Crippen MR) is 63.1 cm³/mol. The van der Waals surface area contributed by atoms with E-state index in [0.717, 1.165) is 17.2 Å². The molecule has 0 bridgehead atoms. The second-order valence-corrected chi connectivity index (χ2v) is 3.67. The lowest BCUT2D eigenvalue weighted by atomic mass is 10.3. The summed E-state index contributed by atoms with van der Waals surface area (Å²) < 4.78 is 2.04. The van der Waals surface area contributed by atoms with Gasteiger partial charge in [0.25, 0.3) is 0 Å². The van der Waals surface area contributed by atoms with E-state index in [9.17, 15) is 0 Å². The molecule has 0 aliphatic heterocycles. The summed E-state index contributed by atoms with van der Waals surface area (Å²) in [4.78, 5) is 15.7. The third-order valence-corrected chi connectivity index (χ3v) is 2.51. The van der Waals surface area contributed by atoms with Crippen LogP contribution >= 0.6 is 0 Å². The van der Waals surface area contributed by atoms with Crippen LogP contribution in [0.3, 0.4) is 0 Å². The number of rotatable bonds is 3. The first-order valence-corrected chi connectivity index (χ1v) is 5.33. The Morgan fingerprint density at radius 1 is 1.18 bits per heavy atom. The number of aromatic nitrogens is 5. The van der Waals surface area contributed by atoms with Crippen molar-refractivity contribution in [2.45, 2.75) is 6.54 Å². The molecule has 0 atom stereocenters. The Bertz CT molecular complexity index is 582. The Balaban J connectivity index is 1.92. The van der Waals surface area contributed by atoms with E-state index in [1.807, 2.05) is 29.0 Å². The van der Waals surface area contributed by atoms with Crippen molar-refractivity contribution in [2.24, 2.45) is 0 Å². The summed E-state index contributed by atoms with van der Waals surface area (Å²) in [7, 11) is 0. The molecule has 5 nitrogen and oxygen atoms in total. The molecule has 5 heteroatoms. The summed E-state index contributed by atoms with van der Waals surface area (Å²) in [5.74, 6) is 0.869. The van der Waals surface area contributed by atoms with E-state index in [0.29, 0.717) is 6.54 Å². The molecular formula is C12H11N5. The van der Waals surface area contributed by atoms with Gasteiger partial charge in [0.15, 0.2) is 5.82 Å². The Morgan fingerprint density at radius 3 is 2.94 bits per heavy atom. The Hall–Kier alpha value is -2.43. The molecular weight excluding hydrogens is 214 g/mol. The summed E-state index contributed by atoms with van der Waals surface area (Å²) in [5.41, 5.74) is 1.91. The van der Waals surface area contributed by atoms with E-state index < -0.39 is 0 Å². The van der Waals surface area contributed by atoms with Gasteiger partial charge in [-0.05, 0) is 12.1 Å². The molecule has 3 rings (SSSR count). The summed E-state index contributed by atoms with van der Waals surface area (Å²) in [6.45, 7) is 0.704. The van der Waals surface area contributed by atoms with Crippen LogP contribution < -0.4 is 0 Å². The normalized spacial score (nSPS) is 10.6. The first-order valence-electron chi connectivity index (χ1n) is 5.33. The number of nitrogens with zero attached hydrogens (tertiary/aromatic N) is 4. The fraction of sp³-hybridized carbons (Fsp3) is 0.0833. The molecule has 0 fully saturated rings. The maximum Gasteiger partial charge on any atom is 0.158 e. The van der Waals surface area contributed by atoms with Crippen LogP contribution in [0.15, 0.2) is 49.3 Å². The van der Waals surface area contributed by atoms with Gasteiger partial charge in [-0.1, -0.05) is 6.07 Å². The van der Waals surface area contributed by atoms with E-state index in [2.05, 4.69) is 19.9 Å². The topological polar surface area (TPSA) is 59.4 Å². The zero-order valence-corrected chi connectivity index (χ0v) is 9.11. The van der Waals surface area contributed by atoms with Crippen molar-refractivity contribution in [3.05, 3.63) is 55.0 Å². The van der Waals surface area contributed by atoms with Gasteiger partial charge in [0.2, 0.25) is 0 Å². The highest BCUT2D eigenvalue weighted by molar-refractivity contribution is 5.48. The van der Waals surface area contributed by atoms with Gasteiger partial charge < -0.3 is 9.55 Å². The van der Waals surface area contributed by atoms with Crippen LogP contribution in [0.4, 0.5) is 0 Å². The average Bonchev–Trinajstić information content (AvgIpc) is 3.00. The van der Waals surface area contributed by atoms with E-state index in [-0.39, 0.29) is 0 Å². The van der Waals surface area contributed by atoms with Crippen molar-refractivity contribution >= 4 is 0 Å². The Morgan fingerprint density at radius 2 is 2.18 bits per heavy atom. The van der Waals surface area contributed by atoms with E-state index in [4.69, 9.17) is 0 Å². The fourth-order valence-corrected chi connectivity index (χ4v) is 1.73. The zero-order chi connectivity index (χ0) is 11.5. The minimum Gasteiger partial charge on any atom is -0.342 e. The predicted octanol–water partition coefficient (Wildman–Crippen LogP) is 1.72. The molecule has 0 aromatic carbocycles. The molecule has 0 saturated carbocycles. The molecule has 0 unspecified atom stereocenters. The number of hydrogen-bond donors (Lipinski definition) is 1. The van der Waals surface area contributed by atoms with Crippen LogP contribution in [0.5, 0.6) is 0 Å². The number of nitrogens with one attached hydrogen (secondary N) is 1. The number of H-pyrrole nitrogens is 1. The van der Waals surface area contributed by atoms with Gasteiger partial charge in [-0.3, -0.25) is 4.98 Å². The van der Waals surface area contributed by atoms with Gasteiger partial charge in [-0.2, -0.15) is 0 Å². The second kappa shape index (κ2) is 4.21. The lowest BCUT2D eigenvalue weighted by molar-refractivity contribution is 0.780. The number of aromatic amines is 1. The summed E-state index contributed by atoms with van der Waals surface area (Å²) in [6.07, 6.45) is 8.92. The largest absolute Gasteiger partial charge is 0.342 e. The molecule has 0 spiro atoms. The van der Waals surface area contributed by atoms with Gasteiger partial charge >= 0.3 is 0 Å². The molecule has 17 heavy (non-hydrogen) atoms. The molecule has 0 radical (unpaired) electrons. The lowest BCUT2D eigenvalue weighted by Crippen LogP contribution is -2.02. The van der Waals surface area contributed by atoms with Crippen LogP contribution in [-0.4, -0.2) is 24.5 Å². The van der Waals surface area contributed by atoms with Crippen LogP contribution in [0, 0.1) is 0 Å². The number of hydrogen-bond acceptors (Lipinski definition) is 3. The standard InChI is InChI=1S/C12H11N5/c1-2-4-14-10(3-1)8-17-6-5-15-12(17)11-7-13-9-16-11/h1-7,9H,8H2,(H,13,16). The van der Waals surface area contributed by atoms with Gasteiger partial charge in [-0.25, -0.2) is 9.97 Å². The monoisotopic (exact) mass is 225 g/mol. The summed E-state index contributed by atoms with van der Waals surface area (Å²) in [6, 6.07) is 5.89. The number of imidazole rings is 2. The average molecular weight is 225 g/mol. The molecule has 0 aliphatic rings. The molecule has 3 aromatic heterocycles. The van der Waals surface area contributed by atoms with Crippen molar-refractivity contribution in [1.29, 1.82) is 0 Å². The van der Waals surface area contributed by atoms with Gasteiger partial charge in [-0.15, -0.1) is 0 Å². The van der Waals surface area contributed by atoms with Crippen molar-refractivity contribution in [1.82, 2.24) is 24.5 Å². The molecule has 84 valence electrons. The molecule has 1 N–H and O–H groups in total. The first kappa shape index (κ1) is 9.77. The number of pyridine rings is 1. The maximum absolute atomic E-state index is 4.32. The highest BCUT2D eigenvalue weighted by Gasteiger charge is 2.07. The van der Waals surface area contributed by atoms with Gasteiger partial charge in [0.1, 0.15) is 5.69 Å². The SMILES string of the molecule is c1ccc(Cn2ccnc2-c2cnc[nH]2)nc1. The van der Waals surface area contributed by atoms with E-state index >= 15 is 0 Å². The van der Waals surface area contributed by atoms with Gasteiger partial charge in [0.05, 0.1) is 24.8 Å². The quantitative estimate of drug-likeness (QED) is 0.738. The second-order valence-electron chi connectivity index (χ2n) is 3.67. The molecule has 0 aliphatic carbocycles. The summed E-state index contributed by atoms with van der Waals surface area (Å²) >= 11 is 0. The Kier molecular flexibility index (Phi) is 2.42. The third kappa shape index (κ3) is 1.94. The smallest absolute Gasteiger partial charge is 0.158 e. The fourth-order valence-electron chi connectivity index (χ4n) is 1.73. The minimum atomic E-state index is 0.704. The molecule has 0 saturated heterocycles. The van der Waals surface area contributed by atoms with E-state index in [1.54, 1.807) is 24.9 Å². The van der Waals surface area contributed by atoms with Gasteiger partial charge in [0, 0.05) is 18.6 Å². The van der Waals surface area contributed by atoms with Crippen LogP contribution in [0.1, 0.15) is 5.69 Å². The van der Waals surface area contributed by atoms with E-state index in [1.165, 1.54) is 0 Å². The van der Waals surface area contributed by atoms with Crippen molar-refractivity contribution in [3.8, 4) is 11.5 Å². The molecule has 3 heterocycles. The van der Waals surface area contributed by atoms with Crippen LogP contribution in [0.25, 0.3) is 11.5 Å². The first-order chi connectivity index (χ1) is 8.43. The van der Waals surface area contributed by atoms with Crippen molar-refractivity contribution in [2.75, 3.05) is 0 Å². The van der Waals surface area contributed by atoms with Crippen molar-refractivity contribution in [3.63, 3.8) is 0 Å². The van der Waals surface area contributed by atoms with Crippen LogP contribution in [-0.2, 0) is 6.54 Å². The third-order valence-electron chi connectivity index (χ3n) is 2.51. The Labute approximate surface area is 98.2 Å². The lowest BCUT2D eigenvalue weighted by Gasteiger charge is -2.05. The highest BCUT2D eigenvalue weighted by Crippen LogP contribution is 2.14. The minimum absolute atomic E-state index is 0.704. The summed E-state index contributed by atoms with van der Waals surface area (Å²) in [5, 5.41) is 0. The van der Waals surface area contributed by atoms with Crippen LogP contribution in [0.2, 0.25) is 0 Å². The maximum atomic E-state index is 4.32. The zero-order valence-electron chi connectivity index (χ0n) is 9.11. The van der Waals surface area contributed by atoms with Crippen molar-refractivity contribution < 1.29 is 0 Å². The highest BCUT2D eigenvalue weighted by atomic mass is 15.1.